The summed E-state index contributed by atoms with van der Waals surface area (Å²) in [6.45, 7) is 3.73. The van der Waals surface area contributed by atoms with Gasteiger partial charge in [-0.25, -0.2) is 14.4 Å². The molecule has 100 valence electrons. The van der Waals surface area contributed by atoms with E-state index in [2.05, 4.69) is 15.3 Å². The number of nitrogens with one attached hydrogen (secondary N) is 1. The molecule has 3 nitrogen and oxygen atoms in total. The Kier molecular flexibility index (Phi) is 4.22. The van der Waals surface area contributed by atoms with Crippen molar-refractivity contribution in [2.75, 3.05) is 5.32 Å². The Bertz CT molecular complexity index is 597. The van der Waals surface area contributed by atoms with Gasteiger partial charge in [0.15, 0.2) is 0 Å². The molecule has 0 unspecified atom stereocenters. The van der Waals surface area contributed by atoms with Crippen LogP contribution in [-0.4, -0.2) is 9.97 Å². The average molecular weight is 300 g/mol. The lowest BCUT2D eigenvalue weighted by atomic mass is 10.2. The molecule has 2 rings (SSSR count). The van der Waals surface area contributed by atoms with E-state index in [0.29, 0.717) is 39.5 Å². The van der Waals surface area contributed by atoms with Gasteiger partial charge in [0.25, 0.3) is 0 Å². The molecule has 0 saturated heterocycles. The molecule has 19 heavy (non-hydrogen) atoms. The Morgan fingerprint density at radius 2 is 1.95 bits per heavy atom. The second kappa shape index (κ2) is 5.72. The zero-order chi connectivity index (χ0) is 14.0. The van der Waals surface area contributed by atoms with Crippen LogP contribution in [0.4, 0.5) is 15.9 Å². The Hall–Kier alpha value is -1.39. The number of rotatable bonds is 3. The minimum Gasteiger partial charge on any atom is -0.340 e. The number of hydrogen-bond donors (Lipinski definition) is 1. The van der Waals surface area contributed by atoms with E-state index in [9.17, 15) is 4.39 Å². The predicted molar refractivity (Wildman–Crippen MR) is 75.8 cm³/mol. The molecule has 0 bridgehead atoms. The quantitative estimate of drug-likeness (QED) is 0.846. The van der Waals surface area contributed by atoms with E-state index in [1.54, 1.807) is 13.0 Å². The first-order valence-corrected chi connectivity index (χ1v) is 6.51. The summed E-state index contributed by atoms with van der Waals surface area (Å²) in [6, 6.07) is 4.20. The molecule has 0 amide bonds. The predicted octanol–water partition coefficient (Wildman–Crippen LogP) is 4.54. The highest BCUT2D eigenvalue weighted by Gasteiger charge is 2.09. The summed E-state index contributed by atoms with van der Waals surface area (Å²) in [6.07, 6.45) is 0.665. The normalized spacial score (nSPS) is 10.6. The topological polar surface area (TPSA) is 37.8 Å². The van der Waals surface area contributed by atoms with Gasteiger partial charge in [0.05, 0.1) is 0 Å². The maximum atomic E-state index is 13.3. The molecule has 0 atom stereocenters. The Balaban J connectivity index is 2.39. The molecular weight excluding hydrogens is 288 g/mol. The van der Waals surface area contributed by atoms with Crippen LogP contribution in [0.25, 0.3) is 0 Å². The van der Waals surface area contributed by atoms with E-state index in [-0.39, 0.29) is 0 Å². The van der Waals surface area contributed by atoms with E-state index in [0.717, 1.165) is 0 Å². The molecule has 1 aromatic heterocycles. The number of benzene rings is 1. The molecular formula is C13H12Cl2FN3. The molecule has 1 heterocycles. The standard InChI is InChI=1S/C13H12Cl2FN3/c1-3-11-18-12(15)7(2)13(19-11)17-10-5-8(14)4-9(16)6-10/h4-6H,3H2,1-2H3,(H,17,18,19). The van der Waals surface area contributed by atoms with Gasteiger partial charge in [-0.1, -0.05) is 30.1 Å². The number of aromatic nitrogens is 2. The maximum Gasteiger partial charge on any atom is 0.138 e. The summed E-state index contributed by atoms with van der Waals surface area (Å²) >= 11 is 11.8. The number of halogens is 3. The molecule has 0 aliphatic carbocycles. The second-order valence-corrected chi connectivity index (χ2v) is 4.84. The fourth-order valence-corrected chi connectivity index (χ4v) is 1.98. The highest BCUT2D eigenvalue weighted by molar-refractivity contribution is 6.31. The summed E-state index contributed by atoms with van der Waals surface area (Å²) in [7, 11) is 0. The molecule has 6 heteroatoms. The molecule has 1 N–H and O–H groups in total. The number of aryl methyl sites for hydroxylation is 1. The molecule has 0 aliphatic rings. The first-order valence-electron chi connectivity index (χ1n) is 5.75. The summed E-state index contributed by atoms with van der Waals surface area (Å²) in [5.41, 5.74) is 1.23. The minimum absolute atomic E-state index is 0.316. The first-order chi connectivity index (χ1) is 8.99. The van der Waals surface area contributed by atoms with Crippen LogP contribution in [0.15, 0.2) is 18.2 Å². The van der Waals surface area contributed by atoms with Gasteiger partial charge in [-0.15, -0.1) is 0 Å². The van der Waals surface area contributed by atoms with E-state index in [1.165, 1.54) is 12.1 Å². The Morgan fingerprint density at radius 1 is 1.21 bits per heavy atom. The summed E-state index contributed by atoms with van der Waals surface area (Å²) in [4.78, 5) is 8.48. The van der Waals surface area contributed by atoms with Crippen molar-refractivity contribution in [1.82, 2.24) is 9.97 Å². The minimum atomic E-state index is -0.413. The van der Waals surface area contributed by atoms with Crippen molar-refractivity contribution in [1.29, 1.82) is 0 Å². The molecule has 0 fully saturated rings. The molecule has 0 radical (unpaired) electrons. The third-order valence-corrected chi connectivity index (χ3v) is 3.16. The average Bonchev–Trinajstić information content (AvgIpc) is 2.33. The van der Waals surface area contributed by atoms with Gasteiger partial charge in [0.1, 0.15) is 22.6 Å². The molecule has 1 aromatic carbocycles. The third kappa shape index (κ3) is 3.33. The maximum absolute atomic E-state index is 13.3. The van der Waals surface area contributed by atoms with Crippen molar-refractivity contribution < 1.29 is 4.39 Å². The van der Waals surface area contributed by atoms with Crippen LogP contribution in [0.3, 0.4) is 0 Å². The lowest BCUT2D eigenvalue weighted by molar-refractivity contribution is 0.628. The monoisotopic (exact) mass is 299 g/mol. The van der Waals surface area contributed by atoms with Crippen LogP contribution in [0, 0.1) is 12.7 Å². The van der Waals surface area contributed by atoms with Gasteiger partial charge in [-0.2, -0.15) is 0 Å². The highest BCUT2D eigenvalue weighted by Crippen LogP contribution is 2.25. The summed E-state index contributed by atoms with van der Waals surface area (Å²) < 4.78 is 13.3. The molecule has 0 spiro atoms. The summed E-state index contributed by atoms with van der Waals surface area (Å²) in [5.74, 6) is 0.766. The fraction of sp³-hybridized carbons (Fsp3) is 0.231. The van der Waals surface area contributed by atoms with Crippen LogP contribution in [-0.2, 0) is 6.42 Å². The van der Waals surface area contributed by atoms with Gasteiger partial charge in [0, 0.05) is 22.7 Å². The zero-order valence-electron chi connectivity index (χ0n) is 10.5. The van der Waals surface area contributed by atoms with Crippen molar-refractivity contribution >= 4 is 34.7 Å². The number of anilines is 2. The molecule has 2 aromatic rings. The highest BCUT2D eigenvalue weighted by atomic mass is 35.5. The van der Waals surface area contributed by atoms with Crippen LogP contribution in [0.1, 0.15) is 18.3 Å². The van der Waals surface area contributed by atoms with E-state index in [1.807, 2.05) is 6.92 Å². The molecule has 0 aliphatic heterocycles. The van der Waals surface area contributed by atoms with Crippen molar-refractivity contribution in [2.24, 2.45) is 0 Å². The largest absolute Gasteiger partial charge is 0.340 e. The van der Waals surface area contributed by atoms with Crippen molar-refractivity contribution in [2.45, 2.75) is 20.3 Å². The van der Waals surface area contributed by atoms with E-state index >= 15 is 0 Å². The van der Waals surface area contributed by atoms with Gasteiger partial charge < -0.3 is 5.32 Å². The Labute approximate surface area is 120 Å². The lowest BCUT2D eigenvalue weighted by Gasteiger charge is -2.11. The Morgan fingerprint density at radius 3 is 2.58 bits per heavy atom. The van der Waals surface area contributed by atoms with Gasteiger partial charge in [-0.05, 0) is 25.1 Å². The number of nitrogens with zero attached hydrogens (tertiary/aromatic N) is 2. The van der Waals surface area contributed by atoms with Crippen molar-refractivity contribution in [3.05, 3.63) is 45.6 Å². The van der Waals surface area contributed by atoms with E-state index in [4.69, 9.17) is 23.2 Å². The van der Waals surface area contributed by atoms with Crippen LogP contribution < -0.4 is 5.32 Å². The zero-order valence-corrected chi connectivity index (χ0v) is 12.0. The lowest BCUT2D eigenvalue weighted by Crippen LogP contribution is -2.03. The van der Waals surface area contributed by atoms with Crippen LogP contribution in [0.2, 0.25) is 10.2 Å². The van der Waals surface area contributed by atoms with Gasteiger partial charge in [0.2, 0.25) is 0 Å². The third-order valence-electron chi connectivity index (χ3n) is 2.57. The second-order valence-electron chi connectivity index (χ2n) is 4.04. The molecule has 0 saturated carbocycles. The smallest absolute Gasteiger partial charge is 0.138 e. The SMILES string of the molecule is CCc1nc(Cl)c(C)c(Nc2cc(F)cc(Cl)c2)n1. The number of hydrogen-bond acceptors (Lipinski definition) is 3. The van der Waals surface area contributed by atoms with Crippen molar-refractivity contribution in [3.8, 4) is 0 Å². The van der Waals surface area contributed by atoms with Gasteiger partial charge >= 0.3 is 0 Å². The van der Waals surface area contributed by atoms with E-state index < -0.39 is 5.82 Å². The van der Waals surface area contributed by atoms with Crippen molar-refractivity contribution in [3.63, 3.8) is 0 Å². The van der Waals surface area contributed by atoms with Crippen LogP contribution >= 0.6 is 23.2 Å². The summed E-state index contributed by atoms with van der Waals surface area (Å²) in [5, 5.41) is 3.71. The fourth-order valence-electron chi connectivity index (χ4n) is 1.58. The first kappa shape index (κ1) is 14.0. The van der Waals surface area contributed by atoms with Gasteiger partial charge in [-0.3, -0.25) is 0 Å². The van der Waals surface area contributed by atoms with Crippen LogP contribution in [0.5, 0.6) is 0 Å².